The summed E-state index contributed by atoms with van der Waals surface area (Å²) in [5.74, 6) is 2.51. The fourth-order valence-corrected chi connectivity index (χ4v) is 1.46. The van der Waals surface area contributed by atoms with Crippen molar-refractivity contribution in [3.05, 3.63) is 11.8 Å². The highest BCUT2D eigenvalue weighted by Gasteiger charge is 2.27. The first-order valence-corrected chi connectivity index (χ1v) is 6.17. The molecule has 0 bridgehead atoms. The molecule has 0 aromatic carbocycles. The maximum atomic E-state index is 12.0. The largest absolute Gasteiger partial charge is 0.374 e. The van der Waals surface area contributed by atoms with Gasteiger partial charge in [0.15, 0.2) is 5.78 Å². The number of allylic oxidation sites excluding steroid dienone is 1. The van der Waals surface area contributed by atoms with E-state index in [1.165, 1.54) is 6.20 Å². The van der Waals surface area contributed by atoms with Crippen molar-refractivity contribution in [1.82, 2.24) is 5.32 Å². The van der Waals surface area contributed by atoms with Gasteiger partial charge in [-0.05, 0) is 12.8 Å². The molecule has 0 radical (unpaired) electrons. The van der Waals surface area contributed by atoms with Gasteiger partial charge in [-0.15, -0.1) is 6.42 Å². The third-order valence-electron chi connectivity index (χ3n) is 3.02. The summed E-state index contributed by atoms with van der Waals surface area (Å²) in [6, 6.07) is 1.93. The minimum Gasteiger partial charge on any atom is -0.374 e. The number of hydrogen-bond acceptors (Lipinski definition) is 3. The van der Waals surface area contributed by atoms with Crippen LogP contribution in [0.2, 0.25) is 0 Å². The number of ketones is 1. The SMILES string of the molecule is C#CC(CC)(CC)NC=C(C#N)C(=O)C(C)(C)C. The van der Waals surface area contributed by atoms with Gasteiger partial charge in [-0.1, -0.05) is 40.5 Å². The fraction of sp³-hybridized carbons (Fsp3) is 0.600. The van der Waals surface area contributed by atoms with Gasteiger partial charge in [0.1, 0.15) is 11.6 Å². The van der Waals surface area contributed by atoms with E-state index in [2.05, 4.69) is 11.2 Å². The molecule has 98 valence electrons. The van der Waals surface area contributed by atoms with E-state index in [-0.39, 0.29) is 11.4 Å². The minimum absolute atomic E-state index is 0.115. The molecule has 0 unspecified atom stereocenters. The van der Waals surface area contributed by atoms with E-state index in [0.29, 0.717) is 0 Å². The van der Waals surface area contributed by atoms with Crippen LogP contribution in [-0.2, 0) is 4.79 Å². The maximum Gasteiger partial charge on any atom is 0.180 e. The molecular formula is C15H22N2O. The zero-order valence-corrected chi connectivity index (χ0v) is 11.9. The molecular weight excluding hydrogens is 224 g/mol. The summed E-state index contributed by atoms with van der Waals surface area (Å²) in [4.78, 5) is 12.0. The summed E-state index contributed by atoms with van der Waals surface area (Å²) in [6.45, 7) is 9.31. The van der Waals surface area contributed by atoms with Gasteiger partial charge in [-0.2, -0.15) is 5.26 Å². The van der Waals surface area contributed by atoms with E-state index in [9.17, 15) is 4.79 Å². The van der Waals surface area contributed by atoms with Crippen molar-refractivity contribution in [2.24, 2.45) is 5.41 Å². The molecule has 0 fully saturated rings. The average molecular weight is 246 g/mol. The molecule has 0 aromatic rings. The van der Waals surface area contributed by atoms with Crippen molar-refractivity contribution in [2.45, 2.75) is 53.0 Å². The summed E-state index contributed by atoms with van der Waals surface area (Å²) in [7, 11) is 0. The lowest BCUT2D eigenvalue weighted by molar-refractivity contribution is -0.122. The first-order chi connectivity index (χ1) is 8.26. The molecule has 0 heterocycles. The zero-order chi connectivity index (χ0) is 14.4. The summed E-state index contributed by atoms with van der Waals surface area (Å²) >= 11 is 0. The molecule has 0 saturated carbocycles. The van der Waals surface area contributed by atoms with Crippen LogP contribution >= 0.6 is 0 Å². The zero-order valence-electron chi connectivity index (χ0n) is 11.9. The van der Waals surface area contributed by atoms with E-state index in [4.69, 9.17) is 11.7 Å². The van der Waals surface area contributed by atoms with E-state index >= 15 is 0 Å². The first-order valence-electron chi connectivity index (χ1n) is 6.17. The number of terminal acetylenes is 1. The Bertz CT molecular complexity index is 409. The second-order valence-corrected chi connectivity index (χ2v) is 5.33. The van der Waals surface area contributed by atoms with Crippen molar-refractivity contribution >= 4 is 5.78 Å². The second-order valence-electron chi connectivity index (χ2n) is 5.33. The van der Waals surface area contributed by atoms with E-state index in [1.807, 2.05) is 19.9 Å². The number of rotatable bonds is 5. The lowest BCUT2D eigenvalue weighted by Crippen LogP contribution is -2.40. The highest BCUT2D eigenvalue weighted by molar-refractivity contribution is 6.02. The van der Waals surface area contributed by atoms with Gasteiger partial charge >= 0.3 is 0 Å². The summed E-state index contributed by atoms with van der Waals surface area (Å²) in [5.41, 5.74) is -0.940. The van der Waals surface area contributed by atoms with Gasteiger partial charge in [0, 0.05) is 11.6 Å². The third kappa shape index (κ3) is 3.93. The molecule has 0 aromatic heterocycles. The van der Waals surface area contributed by atoms with Crippen LogP contribution in [-0.4, -0.2) is 11.3 Å². The van der Waals surface area contributed by atoms with E-state index in [1.54, 1.807) is 20.8 Å². The van der Waals surface area contributed by atoms with Crippen LogP contribution in [0.25, 0.3) is 0 Å². The molecule has 0 aliphatic rings. The summed E-state index contributed by atoms with van der Waals surface area (Å²) in [5, 5.41) is 12.1. The smallest absolute Gasteiger partial charge is 0.180 e. The van der Waals surface area contributed by atoms with Crippen LogP contribution in [0.15, 0.2) is 11.8 Å². The molecule has 0 amide bonds. The standard InChI is InChI=1S/C15H22N2O/c1-7-15(8-2,9-3)17-11-12(10-16)13(18)14(4,5)6/h1,11,17H,8-9H2,2-6H3. The van der Waals surface area contributed by atoms with Crippen LogP contribution in [0.5, 0.6) is 0 Å². The van der Waals surface area contributed by atoms with Crippen molar-refractivity contribution in [3.8, 4) is 18.4 Å². The fourth-order valence-electron chi connectivity index (χ4n) is 1.46. The van der Waals surface area contributed by atoms with Gasteiger partial charge in [0.25, 0.3) is 0 Å². The molecule has 0 rings (SSSR count). The minimum atomic E-state index is -0.569. The normalized spacial score (nSPS) is 12.5. The number of nitrogens with zero attached hydrogens (tertiary/aromatic N) is 1. The van der Waals surface area contributed by atoms with Gasteiger partial charge in [-0.25, -0.2) is 0 Å². The van der Waals surface area contributed by atoms with Crippen molar-refractivity contribution in [2.75, 3.05) is 0 Å². The van der Waals surface area contributed by atoms with Gasteiger partial charge in [0.05, 0.1) is 5.54 Å². The highest BCUT2D eigenvalue weighted by atomic mass is 16.1. The van der Waals surface area contributed by atoms with Crippen LogP contribution in [0.4, 0.5) is 0 Å². The van der Waals surface area contributed by atoms with Crippen LogP contribution in [0.3, 0.4) is 0 Å². The first kappa shape index (κ1) is 16.3. The quantitative estimate of drug-likeness (QED) is 0.461. The van der Waals surface area contributed by atoms with Gasteiger partial charge in [0.2, 0.25) is 0 Å². The summed E-state index contributed by atoms with van der Waals surface area (Å²) in [6.07, 6.45) is 8.44. The Balaban J connectivity index is 5.14. The Morgan fingerprint density at radius 2 is 1.83 bits per heavy atom. The van der Waals surface area contributed by atoms with Gasteiger partial charge < -0.3 is 5.32 Å². The average Bonchev–Trinajstić information content (AvgIpc) is 2.34. The van der Waals surface area contributed by atoms with Crippen LogP contribution in [0, 0.1) is 29.1 Å². The Hall–Kier alpha value is -1.74. The Kier molecular flexibility index (Phi) is 5.66. The number of hydrogen-bond donors (Lipinski definition) is 1. The predicted molar refractivity (Wildman–Crippen MR) is 73.4 cm³/mol. The van der Waals surface area contributed by atoms with Crippen molar-refractivity contribution in [3.63, 3.8) is 0 Å². The van der Waals surface area contributed by atoms with Crippen molar-refractivity contribution < 1.29 is 4.79 Å². The Morgan fingerprint density at radius 1 is 1.33 bits per heavy atom. The van der Waals surface area contributed by atoms with E-state index < -0.39 is 11.0 Å². The lowest BCUT2D eigenvalue weighted by atomic mass is 9.86. The molecule has 0 spiro atoms. The van der Waals surface area contributed by atoms with Crippen LogP contribution < -0.4 is 5.32 Å². The lowest BCUT2D eigenvalue weighted by Gasteiger charge is -2.26. The van der Waals surface area contributed by atoms with E-state index in [0.717, 1.165) is 12.8 Å². The molecule has 0 saturated heterocycles. The highest BCUT2D eigenvalue weighted by Crippen LogP contribution is 2.20. The molecule has 0 aliphatic carbocycles. The van der Waals surface area contributed by atoms with Crippen LogP contribution in [0.1, 0.15) is 47.5 Å². The third-order valence-corrected chi connectivity index (χ3v) is 3.02. The number of Topliss-reactive ketones (excluding diaryl/α,β-unsaturated/α-hetero) is 1. The monoisotopic (exact) mass is 246 g/mol. The molecule has 18 heavy (non-hydrogen) atoms. The maximum absolute atomic E-state index is 12.0. The number of nitrogens with one attached hydrogen (secondary N) is 1. The molecule has 0 atom stereocenters. The Morgan fingerprint density at radius 3 is 2.11 bits per heavy atom. The topological polar surface area (TPSA) is 52.9 Å². The summed E-state index contributed by atoms with van der Waals surface area (Å²) < 4.78 is 0. The van der Waals surface area contributed by atoms with Gasteiger partial charge in [-0.3, -0.25) is 4.79 Å². The molecule has 3 heteroatoms. The molecule has 1 N–H and O–H groups in total. The molecule has 0 aliphatic heterocycles. The Labute approximate surface area is 110 Å². The van der Waals surface area contributed by atoms with Crippen molar-refractivity contribution in [1.29, 1.82) is 5.26 Å². The number of carbonyl (C=O) groups excluding carboxylic acids is 1. The number of carbonyl (C=O) groups is 1. The predicted octanol–water partition coefficient (Wildman–Crippen LogP) is 2.79. The number of nitriles is 1. The molecule has 3 nitrogen and oxygen atoms in total. The second kappa shape index (κ2) is 6.26.